The van der Waals surface area contributed by atoms with Gasteiger partial charge in [-0.05, 0) is 50.8 Å². The molecule has 1 aromatic rings. The van der Waals surface area contributed by atoms with Crippen LogP contribution in [0.5, 0.6) is 0 Å². The van der Waals surface area contributed by atoms with E-state index in [4.69, 9.17) is 0 Å². The second kappa shape index (κ2) is 6.76. The van der Waals surface area contributed by atoms with Gasteiger partial charge in [-0.25, -0.2) is 13.1 Å². The van der Waals surface area contributed by atoms with Crippen molar-refractivity contribution in [3.63, 3.8) is 0 Å². The molecular weight excluding hydrogens is 344 g/mol. The Morgan fingerprint density at radius 1 is 1.24 bits per heavy atom. The van der Waals surface area contributed by atoms with E-state index in [1.54, 1.807) is 13.0 Å². The Morgan fingerprint density at radius 3 is 2.60 bits per heavy atom. The average Bonchev–Trinajstić information content (AvgIpc) is 3.37. The third kappa shape index (κ3) is 3.85. The Labute approximate surface area is 147 Å². The molecule has 1 amide bonds. The predicted octanol–water partition coefficient (Wildman–Crippen LogP) is 1.45. The highest BCUT2D eigenvalue weighted by atomic mass is 32.2. The summed E-state index contributed by atoms with van der Waals surface area (Å²) in [6.07, 6.45) is 2.83. The minimum Gasteiger partial charge on any atom is -0.481 e. The number of amides is 1. The maximum atomic E-state index is 12.8. The lowest BCUT2D eigenvalue weighted by Gasteiger charge is -2.37. The number of nitrogens with one attached hydrogen (secondary N) is 1. The normalized spacial score (nSPS) is 24.1. The number of aliphatic carboxylic acids is 1. The number of nitrogens with zero attached hydrogens (tertiary/aromatic N) is 1. The summed E-state index contributed by atoms with van der Waals surface area (Å²) in [6, 6.07) is 5.49. The van der Waals surface area contributed by atoms with Crippen molar-refractivity contribution >= 4 is 21.9 Å². The van der Waals surface area contributed by atoms with Crippen molar-refractivity contribution in [1.82, 2.24) is 9.62 Å². The summed E-state index contributed by atoms with van der Waals surface area (Å²) < 4.78 is 27.2. The van der Waals surface area contributed by atoms with Crippen molar-refractivity contribution in [2.45, 2.75) is 49.6 Å². The van der Waals surface area contributed by atoms with E-state index in [-0.39, 0.29) is 22.4 Å². The number of carbonyl (C=O) groups is 2. The summed E-state index contributed by atoms with van der Waals surface area (Å²) in [5.41, 5.74) is 0.261. The first-order chi connectivity index (χ1) is 11.8. The van der Waals surface area contributed by atoms with Gasteiger partial charge < -0.3 is 10.0 Å². The van der Waals surface area contributed by atoms with Gasteiger partial charge in [-0.2, -0.15) is 0 Å². The Hall–Kier alpha value is -1.93. The van der Waals surface area contributed by atoms with Crippen LogP contribution in [0.2, 0.25) is 0 Å². The molecule has 0 spiro atoms. The highest BCUT2D eigenvalue weighted by Crippen LogP contribution is 2.26. The highest BCUT2D eigenvalue weighted by Gasteiger charge is 2.36. The van der Waals surface area contributed by atoms with Crippen LogP contribution in [0.1, 0.15) is 43.0 Å². The molecule has 8 heteroatoms. The third-order valence-corrected chi connectivity index (χ3v) is 6.37. The van der Waals surface area contributed by atoms with Gasteiger partial charge in [-0.15, -0.1) is 0 Å². The molecule has 3 rings (SSSR count). The summed E-state index contributed by atoms with van der Waals surface area (Å²) in [4.78, 5) is 25.7. The first-order valence-electron chi connectivity index (χ1n) is 8.46. The van der Waals surface area contributed by atoms with Crippen LogP contribution in [0.3, 0.4) is 0 Å². The fourth-order valence-corrected chi connectivity index (χ4v) is 4.56. The number of benzene rings is 1. The van der Waals surface area contributed by atoms with Gasteiger partial charge in [0.15, 0.2) is 0 Å². The van der Waals surface area contributed by atoms with Crippen molar-refractivity contribution in [2.75, 3.05) is 6.54 Å². The minimum absolute atomic E-state index is 0.0113. The first-order valence-corrected chi connectivity index (χ1v) is 9.94. The molecule has 25 heavy (non-hydrogen) atoms. The zero-order valence-electron chi connectivity index (χ0n) is 14.0. The number of piperidine rings is 1. The van der Waals surface area contributed by atoms with E-state index in [0.29, 0.717) is 19.4 Å². The Morgan fingerprint density at radius 2 is 1.96 bits per heavy atom. The fraction of sp³-hybridized carbons (Fsp3) is 0.529. The van der Waals surface area contributed by atoms with Crippen LogP contribution >= 0.6 is 0 Å². The molecular formula is C17H22N2O5S. The van der Waals surface area contributed by atoms with E-state index < -0.39 is 28.0 Å². The summed E-state index contributed by atoms with van der Waals surface area (Å²) in [6.45, 7) is 2.20. The van der Waals surface area contributed by atoms with Crippen molar-refractivity contribution in [3.05, 3.63) is 29.8 Å². The average molecular weight is 366 g/mol. The van der Waals surface area contributed by atoms with Crippen LogP contribution in [0.4, 0.5) is 0 Å². The highest BCUT2D eigenvalue weighted by molar-refractivity contribution is 7.89. The number of hydrogen-bond donors (Lipinski definition) is 2. The van der Waals surface area contributed by atoms with Crippen molar-refractivity contribution < 1.29 is 23.1 Å². The first kappa shape index (κ1) is 17.9. The summed E-state index contributed by atoms with van der Waals surface area (Å²) >= 11 is 0. The van der Waals surface area contributed by atoms with Crippen molar-refractivity contribution in [1.29, 1.82) is 0 Å². The molecule has 1 saturated heterocycles. The number of sulfonamides is 1. The summed E-state index contributed by atoms with van der Waals surface area (Å²) in [5, 5.41) is 9.29. The summed E-state index contributed by atoms with van der Waals surface area (Å²) in [5.74, 6) is -1.84. The Bertz CT molecular complexity index is 788. The molecule has 1 aliphatic heterocycles. The number of hydrogen-bond acceptors (Lipinski definition) is 4. The van der Waals surface area contributed by atoms with Gasteiger partial charge in [-0.1, -0.05) is 6.07 Å². The standard InChI is InChI=1S/C17H22N2O5S/c1-11-15(17(21)22)6-3-9-19(11)16(20)12-4-2-5-14(10-12)25(23,24)18-13-7-8-13/h2,4-5,10-11,13,15,18H,3,6-9H2,1H3,(H,21,22)/t11-,15-/m1/s1. The summed E-state index contributed by atoms with van der Waals surface area (Å²) in [7, 11) is -3.64. The predicted molar refractivity (Wildman–Crippen MR) is 90.6 cm³/mol. The molecule has 1 saturated carbocycles. The lowest BCUT2D eigenvalue weighted by molar-refractivity contribution is -0.144. The Kier molecular flexibility index (Phi) is 4.83. The lowest BCUT2D eigenvalue weighted by atomic mass is 9.90. The smallest absolute Gasteiger partial charge is 0.308 e. The molecule has 2 N–H and O–H groups in total. The van der Waals surface area contributed by atoms with Crippen LogP contribution in [0.25, 0.3) is 0 Å². The van der Waals surface area contributed by atoms with Crippen LogP contribution < -0.4 is 4.72 Å². The van der Waals surface area contributed by atoms with E-state index >= 15 is 0 Å². The van der Waals surface area contributed by atoms with Gasteiger partial charge in [0.25, 0.3) is 5.91 Å². The van der Waals surface area contributed by atoms with E-state index in [1.807, 2.05) is 0 Å². The number of rotatable bonds is 5. The zero-order chi connectivity index (χ0) is 18.2. The molecule has 1 aliphatic carbocycles. The second-order valence-corrected chi connectivity index (χ2v) is 8.46. The van der Waals surface area contributed by atoms with Gasteiger partial charge in [0.2, 0.25) is 10.0 Å². The third-order valence-electron chi connectivity index (χ3n) is 4.86. The topological polar surface area (TPSA) is 104 Å². The van der Waals surface area contributed by atoms with E-state index in [9.17, 15) is 23.1 Å². The van der Waals surface area contributed by atoms with Crippen molar-refractivity contribution in [3.8, 4) is 0 Å². The minimum atomic E-state index is -3.64. The van der Waals surface area contributed by atoms with E-state index in [2.05, 4.69) is 4.72 Å². The maximum Gasteiger partial charge on any atom is 0.308 e. The van der Waals surface area contributed by atoms with Gasteiger partial charge in [-0.3, -0.25) is 9.59 Å². The SMILES string of the molecule is C[C@@H]1[C@H](C(=O)O)CCCN1C(=O)c1cccc(S(=O)(=O)NC2CC2)c1. The largest absolute Gasteiger partial charge is 0.481 e. The quantitative estimate of drug-likeness (QED) is 0.821. The molecule has 0 aromatic heterocycles. The lowest BCUT2D eigenvalue weighted by Crippen LogP contribution is -2.49. The molecule has 0 bridgehead atoms. The van der Waals surface area contributed by atoms with Crippen LogP contribution in [0.15, 0.2) is 29.2 Å². The molecule has 0 radical (unpaired) electrons. The molecule has 2 atom stereocenters. The molecule has 0 unspecified atom stereocenters. The number of carboxylic acids is 1. The van der Waals surface area contributed by atoms with Gasteiger partial charge >= 0.3 is 5.97 Å². The second-order valence-electron chi connectivity index (χ2n) is 6.75. The fourth-order valence-electron chi connectivity index (χ4n) is 3.21. The zero-order valence-corrected chi connectivity index (χ0v) is 14.8. The number of likely N-dealkylation sites (tertiary alicyclic amines) is 1. The van der Waals surface area contributed by atoms with E-state index in [1.165, 1.54) is 23.1 Å². The van der Waals surface area contributed by atoms with Crippen LogP contribution in [-0.2, 0) is 14.8 Å². The Balaban J connectivity index is 1.82. The van der Waals surface area contributed by atoms with Gasteiger partial charge in [0.05, 0.1) is 10.8 Å². The van der Waals surface area contributed by atoms with Gasteiger partial charge in [0, 0.05) is 24.2 Å². The van der Waals surface area contributed by atoms with Gasteiger partial charge in [0.1, 0.15) is 0 Å². The monoisotopic (exact) mass is 366 g/mol. The maximum absolute atomic E-state index is 12.8. The molecule has 1 heterocycles. The molecule has 2 aliphatic rings. The molecule has 2 fully saturated rings. The molecule has 1 aromatic carbocycles. The number of carbonyl (C=O) groups excluding carboxylic acids is 1. The van der Waals surface area contributed by atoms with E-state index in [0.717, 1.165) is 12.8 Å². The molecule has 7 nitrogen and oxygen atoms in total. The van der Waals surface area contributed by atoms with Crippen LogP contribution in [-0.4, -0.2) is 48.9 Å². The van der Waals surface area contributed by atoms with Crippen molar-refractivity contribution in [2.24, 2.45) is 5.92 Å². The molecule has 136 valence electrons. The number of carboxylic acid groups (broad SMARTS) is 1. The van der Waals surface area contributed by atoms with Crippen LogP contribution in [0, 0.1) is 5.92 Å².